The quantitative estimate of drug-likeness (QED) is 0.646. The number of rotatable bonds is 9. The molecule has 0 saturated carbocycles. The molecule has 0 unspecified atom stereocenters. The third-order valence-corrected chi connectivity index (χ3v) is 4.08. The van der Waals surface area contributed by atoms with Crippen LogP contribution in [0, 0.1) is 6.92 Å². The van der Waals surface area contributed by atoms with Crippen molar-refractivity contribution in [2.45, 2.75) is 40.0 Å². The molecule has 1 amide bonds. The molecule has 0 aliphatic heterocycles. The number of para-hydroxylation sites is 3. The van der Waals surface area contributed by atoms with Crippen LogP contribution < -0.4 is 15.4 Å². The molecule has 134 valence electrons. The van der Waals surface area contributed by atoms with Gasteiger partial charge in [0.15, 0.2) is 0 Å². The summed E-state index contributed by atoms with van der Waals surface area (Å²) in [6.45, 7) is 7.17. The first kappa shape index (κ1) is 18.8. The highest BCUT2D eigenvalue weighted by atomic mass is 16.5. The van der Waals surface area contributed by atoms with Crippen LogP contribution in [0.1, 0.15) is 37.8 Å². The first-order chi connectivity index (χ1) is 12.2. The zero-order valence-electron chi connectivity index (χ0n) is 15.4. The van der Waals surface area contributed by atoms with Gasteiger partial charge in [0.25, 0.3) is 0 Å². The number of ether oxygens (including phenoxy) is 1. The maximum atomic E-state index is 12.3. The lowest BCUT2D eigenvalue weighted by Gasteiger charge is -2.15. The maximum absolute atomic E-state index is 12.3. The average molecular weight is 340 g/mol. The summed E-state index contributed by atoms with van der Waals surface area (Å²) in [7, 11) is 0. The van der Waals surface area contributed by atoms with Crippen LogP contribution in [0.15, 0.2) is 42.5 Å². The van der Waals surface area contributed by atoms with Crippen molar-refractivity contribution in [2.75, 3.05) is 23.8 Å². The lowest BCUT2D eigenvalue weighted by Crippen LogP contribution is -2.23. The van der Waals surface area contributed by atoms with Crippen LogP contribution in [0.5, 0.6) is 5.75 Å². The highest BCUT2D eigenvalue weighted by Crippen LogP contribution is 2.24. The normalized spacial score (nSPS) is 10.4. The van der Waals surface area contributed by atoms with E-state index in [9.17, 15) is 4.79 Å². The molecule has 4 nitrogen and oxygen atoms in total. The first-order valence-corrected chi connectivity index (χ1v) is 8.99. The molecule has 2 aromatic rings. The Hall–Kier alpha value is -2.49. The number of unbranched alkanes of at least 4 members (excludes halogenated alkanes) is 1. The van der Waals surface area contributed by atoms with E-state index in [0.717, 1.165) is 36.3 Å². The summed E-state index contributed by atoms with van der Waals surface area (Å²) in [6, 6.07) is 13.7. The number of benzene rings is 2. The monoisotopic (exact) mass is 340 g/mol. The molecule has 0 fully saturated rings. The Labute approximate surface area is 150 Å². The van der Waals surface area contributed by atoms with Crippen LogP contribution >= 0.6 is 0 Å². The van der Waals surface area contributed by atoms with Crippen LogP contribution in [0.4, 0.5) is 11.4 Å². The fourth-order valence-corrected chi connectivity index (χ4v) is 2.66. The van der Waals surface area contributed by atoms with Gasteiger partial charge in [-0.3, -0.25) is 4.79 Å². The highest BCUT2D eigenvalue weighted by molar-refractivity contribution is 5.95. The Bertz CT molecular complexity index is 698. The van der Waals surface area contributed by atoms with Gasteiger partial charge in [-0.05, 0) is 43.0 Å². The Kier molecular flexibility index (Phi) is 7.33. The molecule has 2 rings (SSSR count). The predicted molar refractivity (Wildman–Crippen MR) is 105 cm³/mol. The SMILES string of the molecule is CCCCOc1ccccc1NC(=O)CNc1c(C)cccc1CC. The van der Waals surface area contributed by atoms with Crippen LogP contribution in [0.25, 0.3) is 0 Å². The van der Waals surface area contributed by atoms with Gasteiger partial charge in [0.1, 0.15) is 5.75 Å². The molecule has 0 saturated heterocycles. The molecule has 4 heteroatoms. The number of nitrogens with one attached hydrogen (secondary N) is 2. The lowest BCUT2D eigenvalue weighted by atomic mass is 10.1. The topological polar surface area (TPSA) is 50.4 Å². The van der Waals surface area contributed by atoms with Crippen molar-refractivity contribution in [3.8, 4) is 5.75 Å². The van der Waals surface area contributed by atoms with E-state index in [2.05, 4.69) is 43.5 Å². The Morgan fingerprint density at radius 2 is 1.88 bits per heavy atom. The summed E-state index contributed by atoms with van der Waals surface area (Å²) in [5, 5.41) is 6.21. The number of anilines is 2. The van der Waals surface area contributed by atoms with Crippen molar-refractivity contribution in [2.24, 2.45) is 0 Å². The standard InChI is InChI=1S/C21H28N2O2/c1-4-6-14-25-19-13-8-7-12-18(19)23-20(24)15-22-21-16(3)10-9-11-17(21)5-2/h7-13,22H,4-6,14-15H2,1-3H3,(H,23,24). The third-order valence-electron chi connectivity index (χ3n) is 4.08. The highest BCUT2D eigenvalue weighted by Gasteiger charge is 2.09. The third kappa shape index (κ3) is 5.52. The lowest BCUT2D eigenvalue weighted by molar-refractivity contribution is -0.114. The van der Waals surface area contributed by atoms with Crippen LogP contribution in [-0.4, -0.2) is 19.1 Å². The number of amides is 1. The van der Waals surface area contributed by atoms with Crippen LogP contribution in [0.3, 0.4) is 0 Å². The maximum Gasteiger partial charge on any atom is 0.243 e. The van der Waals surface area contributed by atoms with E-state index in [4.69, 9.17) is 4.74 Å². The molecule has 2 N–H and O–H groups in total. The first-order valence-electron chi connectivity index (χ1n) is 8.99. The summed E-state index contributed by atoms with van der Waals surface area (Å²) in [6.07, 6.45) is 3.01. The number of aryl methyl sites for hydroxylation is 2. The summed E-state index contributed by atoms with van der Waals surface area (Å²) in [4.78, 5) is 12.3. The molecule has 0 bridgehead atoms. The molecule has 0 atom stereocenters. The van der Waals surface area contributed by atoms with Gasteiger partial charge in [0.05, 0.1) is 18.8 Å². The number of hydrogen-bond donors (Lipinski definition) is 2. The summed E-state index contributed by atoms with van der Waals surface area (Å²) >= 11 is 0. The van der Waals surface area contributed by atoms with E-state index in [-0.39, 0.29) is 12.5 Å². The zero-order chi connectivity index (χ0) is 18.1. The van der Waals surface area contributed by atoms with Crippen LogP contribution in [-0.2, 0) is 11.2 Å². The van der Waals surface area contributed by atoms with E-state index in [1.165, 1.54) is 5.56 Å². The van der Waals surface area contributed by atoms with Gasteiger partial charge in [0.2, 0.25) is 5.91 Å². The molecule has 2 aromatic carbocycles. The number of carbonyl (C=O) groups is 1. The largest absolute Gasteiger partial charge is 0.491 e. The van der Waals surface area contributed by atoms with Crippen molar-refractivity contribution >= 4 is 17.3 Å². The smallest absolute Gasteiger partial charge is 0.243 e. The Morgan fingerprint density at radius 3 is 2.64 bits per heavy atom. The van der Waals surface area contributed by atoms with Gasteiger partial charge in [-0.25, -0.2) is 0 Å². The van der Waals surface area contributed by atoms with E-state index >= 15 is 0 Å². The average Bonchev–Trinajstić information content (AvgIpc) is 2.62. The molecular weight excluding hydrogens is 312 g/mol. The molecule has 0 radical (unpaired) electrons. The summed E-state index contributed by atoms with van der Waals surface area (Å²) < 4.78 is 5.76. The number of carbonyl (C=O) groups excluding carboxylic acids is 1. The predicted octanol–water partition coefficient (Wildman–Crippen LogP) is 4.79. The molecular formula is C21H28N2O2. The Balaban J connectivity index is 1.97. The molecule has 25 heavy (non-hydrogen) atoms. The minimum atomic E-state index is -0.0863. The fraction of sp³-hybridized carbons (Fsp3) is 0.381. The molecule has 0 aromatic heterocycles. The van der Waals surface area contributed by atoms with Crippen molar-refractivity contribution in [3.05, 3.63) is 53.6 Å². The van der Waals surface area contributed by atoms with Gasteiger partial charge in [-0.15, -0.1) is 0 Å². The van der Waals surface area contributed by atoms with E-state index in [1.807, 2.05) is 30.3 Å². The second-order valence-electron chi connectivity index (χ2n) is 6.06. The van der Waals surface area contributed by atoms with Crippen molar-refractivity contribution < 1.29 is 9.53 Å². The van der Waals surface area contributed by atoms with E-state index < -0.39 is 0 Å². The molecule has 0 aliphatic carbocycles. The minimum absolute atomic E-state index is 0.0863. The van der Waals surface area contributed by atoms with E-state index in [0.29, 0.717) is 12.3 Å². The minimum Gasteiger partial charge on any atom is -0.491 e. The van der Waals surface area contributed by atoms with Crippen LogP contribution in [0.2, 0.25) is 0 Å². The molecule has 0 heterocycles. The van der Waals surface area contributed by atoms with E-state index in [1.54, 1.807) is 0 Å². The van der Waals surface area contributed by atoms with Crippen molar-refractivity contribution in [3.63, 3.8) is 0 Å². The molecule has 0 spiro atoms. The van der Waals surface area contributed by atoms with Gasteiger partial charge < -0.3 is 15.4 Å². The van der Waals surface area contributed by atoms with Crippen molar-refractivity contribution in [1.82, 2.24) is 0 Å². The zero-order valence-corrected chi connectivity index (χ0v) is 15.4. The second-order valence-corrected chi connectivity index (χ2v) is 6.06. The van der Waals surface area contributed by atoms with Gasteiger partial charge >= 0.3 is 0 Å². The van der Waals surface area contributed by atoms with Gasteiger partial charge in [-0.1, -0.05) is 50.6 Å². The number of hydrogen-bond acceptors (Lipinski definition) is 3. The summed E-state index contributed by atoms with van der Waals surface area (Å²) in [5.74, 6) is 0.631. The second kappa shape index (κ2) is 9.72. The summed E-state index contributed by atoms with van der Waals surface area (Å²) in [5.41, 5.74) is 4.13. The molecule has 0 aliphatic rings. The fourth-order valence-electron chi connectivity index (χ4n) is 2.66. The van der Waals surface area contributed by atoms with Gasteiger partial charge in [0, 0.05) is 5.69 Å². The van der Waals surface area contributed by atoms with Crippen molar-refractivity contribution in [1.29, 1.82) is 0 Å². The Morgan fingerprint density at radius 1 is 1.08 bits per heavy atom. The van der Waals surface area contributed by atoms with Gasteiger partial charge in [-0.2, -0.15) is 0 Å².